The Balaban J connectivity index is 2.05. The summed E-state index contributed by atoms with van der Waals surface area (Å²) in [5.74, 6) is 0. The summed E-state index contributed by atoms with van der Waals surface area (Å²) >= 11 is 0. The van der Waals surface area contributed by atoms with Crippen molar-refractivity contribution in [3.05, 3.63) is 24.0 Å². The lowest BCUT2D eigenvalue weighted by Gasteiger charge is -2.19. The van der Waals surface area contributed by atoms with Gasteiger partial charge in [0.1, 0.15) is 0 Å². The van der Waals surface area contributed by atoms with E-state index in [1.54, 1.807) is 0 Å². The Hall–Kier alpha value is -1.09. The fourth-order valence-corrected chi connectivity index (χ4v) is 2.47. The quantitative estimate of drug-likeness (QED) is 0.847. The van der Waals surface area contributed by atoms with Gasteiger partial charge in [0, 0.05) is 19.1 Å². The van der Waals surface area contributed by atoms with Gasteiger partial charge >= 0.3 is 0 Å². The maximum atomic E-state index is 4.61. The fraction of sp³-hybridized carbons (Fsp3) is 0.643. The van der Waals surface area contributed by atoms with Gasteiger partial charge < -0.3 is 10.2 Å². The second-order valence-electron chi connectivity index (χ2n) is 4.65. The van der Waals surface area contributed by atoms with Crippen molar-refractivity contribution in [2.24, 2.45) is 0 Å². The third-order valence-electron chi connectivity index (χ3n) is 3.46. The minimum atomic E-state index is 0.396. The van der Waals surface area contributed by atoms with Crippen LogP contribution >= 0.6 is 0 Å². The van der Waals surface area contributed by atoms with Gasteiger partial charge in [-0.2, -0.15) is 0 Å². The van der Waals surface area contributed by atoms with Crippen LogP contribution in [0.25, 0.3) is 0 Å². The third kappa shape index (κ3) is 2.97. The van der Waals surface area contributed by atoms with Crippen molar-refractivity contribution >= 4 is 5.69 Å². The largest absolute Gasteiger partial charge is 0.370 e. The molecular weight excluding hydrogens is 210 g/mol. The van der Waals surface area contributed by atoms with Crippen molar-refractivity contribution in [3.8, 4) is 0 Å². The monoisotopic (exact) mass is 233 g/mol. The molecule has 3 nitrogen and oxygen atoms in total. The van der Waals surface area contributed by atoms with E-state index in [1.807, 2.05) is 6.20 Å². The molecule has 1 aromatic rings. The molecule has 3 heteroatoms. The maximum absolute atomic E-state index is 4.61. The van der Waals surface area contributed by atoms with Crippen LogP contribution < -0.4 is 10.2 Å². The summed E-state index contributed by atoms with van der Waals surface area (Å²) in [4.78, 5) is 7.03. The Labute approximate surface area is 104 Å². The number of pyridine rings is 1. The lowest BCUT2D eigenvalue weighted by atomic mass is 10.1. The number of nitrogens with zero attached hydrogens (tertiary/aromatic N) is 2. The number of aromatic nitrogens is 1. The molecular formula is C14H23N3. The molecule has 0 bridgehead atoms. The van der Waals surface area contributed by atoms with Crippen molar-refractivity contribution in [1.29, 1.82) is 0 Å². The van der Waals surface area contributed by atoms with E-state index >= 15 is 0 Å². The summed E-state index contributed by atoms with van der Waals surface area (Å²) in [6.07, 6.45) is 5.75. The van der Waals surface area contributed by atoms with Crippen LogP contribution in [0.4, 0.5) is 5.69 Å². The summed E-state index contributed by atoms with van der Waals surface area (Å²) in [7, 11) is 0. The van der Waals surface area contributed by atoms with Gasteiger partial charge in [-0.3, -0.25) is 4.98 Å². The van der Waals surface area contributed by atoms with E-state index < -0.39 is 0 Å². The van der Waals surface area contributed by atoms with Gasteiger partial charge in [0.15, 0.2) is 0 Å². The third-order valence-corrected chi connectivity index (χ3v) is 3.46. The zero-order valence-electron chi connectivity index (χ0n) is 10.9. The smallest absolute Gasteiger partial charge is 0.0574 e. The van der Waals surface area contributed by atoms with E-state index in [-0.39, 0.29) is 0 Å². The molecule has 0 radical (unpaired) electrons. The van der Waals surface area contributed by atoms with Gasteiger partial charge in [-0.1, -0.05) is 13.8 Å². The average Bonchev–Trinajstić information content (AvgIpc) is 2.90. The summed E-state index contributed by atoms with van der Waals surface area (Å²) < 4.78 is 0. The molecule has 0 aromatic carbocycles. The first-order valence-corrected chi connectivity index (χ1v) is 6.79. The lowest BCUT2D eigenvalue weighted by Crippen LogP contribution is -2.22. The molecule has 1 aromatic heterocycles. The molecule has 94 valence electrons. The van der Waals surface area contributed by atoms with E-state index in [0.29, 0.717) is 6.04 Å². The molecule has 0 saturated carbocycles. The molecule has 1 fully saturated rings. The molecule has 1 atom stereocenters. The second kappa shape index (κ2) is 6.01. The van der Waals surface area contributed by atoms with E-state index in [4.69, 9.17) is 0 Å². The van der Waals surface area contributed by atoms with Crippen molar-refractivity contribution in [1.82, 2.24) is 10.3 Å². The molecule has 1 N–H and O–H groups in total. The van der Waals surface area contributed by atoms with Crippen molar-refractivity contribution < 1.29 is 0 Å². The van der Waals surface area contributed by atoms with Gasteiger partial charge in [0.2, 0.25) is 0 Å². The van der Waals surface area contributed by atoms with Gasteiger partial charge in [-0.25, -0.2) is 0 Å². The average molecular weight is 233 g/mol. The molecule has 1 aliphatic rings. The highest BCUT2D eigenvalue weighted by molar-refractivity contribution is 5.45. The van der Waals surface area contributed by atoms with E-state index in [9.17, 15) is 0 Å². The standard InChI is InChI=1S/C14H23N3/c1-3-13(15-4-2)14-8-7-12(11-16-14)17-9-5-6-10-17/h7-8,11,13,15H,3-6,9-10H2,1-2H3. The SMILES string of the molecule is CCNC(CC)c1ccc(N2CCCC2)cn1. The van der Waals surface area contributed by atoms with Crippen molar-refractivity contribution in [2.45, 2.75) is 39.2 Å². The number of nitrogens with one attached hydrogen (secondary N) is 1. The fourth-order valence-electron chi connectivity index (χ4n) is 2.47. The Morgan fingerprint density at radius 3 is 2.59 bits per heavy atom. The molecule has 0 spiro atoms. The molecule has 1 saturated heterocycles. The van der Waals surface area contributed by atoms with Crippen molar-refractivity contribution in [2.75, 3.05) is 24.5 Å². The van der Waals surface area contributed by atoms with E-state index in [2.05, 4.69) is 41.2 Å². The Morgan fingerprint density at radius 1 is 1.29 bits per heavy atom. The first-order valence-electron chi connectivity index (χ1n) is 6.79. The van der Waals surface area contributed by atoms with Crippen LogP contribution in [0.2, 0.25) is 0 Å². The van der Waals surface area contributed by atoms with Crippen LogP contribution in [0.15, 0.2) is 18.3 Å². The number of rotatable bonds is 5. The number of hydrogen-bond acceptors (Lipinski definition) is 3. The molecule has 2 heterocycles. The number of anilines is 1. The molecule has 17 heavy (non-hydrogen) atoms. The Bertz CT molecular complexity index is 328. The van der Waals surface area contributed by atoms with Crippen LogP contribution in [0.5, 0.6) is 0 Å². The molecule has 0 aliphatic carbocycles. The topological polar surface area (TPSA) is 28.2 Å². The molecule has 1 unspecified atom stereocenters. The first kappa shape index (κ1) is 12.4. The highest BCUT2D eigenvalue weighted by Crippen LogP contribution is 2.21. The summed E-state index contributed by atoms with van der Waals surface area (Å²) in [5.41, 5.74) is 2.44. The first-order chi connectivity index (χ1) is 8.35. The van der Waals surface area contributed by atoms with Gasteiger partial charge in [0.25, 0.3) is 0 Å². The second-order valence-corrected chi connectivity index (χ2v) is 4.65. The maximum Gasteiger partial charge on any atom is 0.0574 e. The van der Waals surface area contributed by atoms with Crippen LogP contribution in [0.1, 0.15) is 44.8 Å². The minimum Gasteiger partial charge on any atom is -0.370 e. The van der Waals surface area contributed by atoms with E-state index in [0.717, 1.165) is 18.7 Å². The highest BCUT2D eigenvalue weighted by Gasteiger charge is 2.14. The molecule has 0 amide bonds. The normalized spacial score (nSPS) is 17.4. The molecule has 2 rings (SSSR count). The van der Waals surface area contributed by atoms with Crippen molar-refractivity contribution in [3.63, 3.8) is 0 Å². The zero-order valence-corrected chi connectivity index (χ0v) is 10.9. The van der Waals surface area contributed by atoms with Gasteiger partial charge in [0.05, 0.1) is 17.6 Å². The highest BCUT2D eigenvalue weighted by atomic mass is 15.1. The van der Waals surface area contributed by atoms with Gasteiger partial charge in [-0.15, -0.1) is 0 Å². The summed E-state index contributed by atoms with van der Waals surface area (Å²) in [5, 5.41) is 3.46. The van der Waals surface area contributed by atoms with Crippen LogP contribution in [0.3, 0.4) is 0 Å². The Morgan fingerprint density at radius 2 is 2.06 bits per heavy atom. The molecule has 1 aliphatic heterocycles. The Kier molecular flexibility index (Phi) is 4.37. The van der Waals surface area contributed by atoms with Crippen LogP contribution in [0, 0.1) is 0 Å². The zero-order chi connectivity index (χ0) is 12.1. The van der Waals surface area contributed by atoms with E-state index in [1.165, 1.54) is 31.6 Å². The van der Waals surface area contributed by atoms with Gasteiger partial charge in [-0.05, 0) is 37.9 Å². The number of hydrogen-bond donors (Lipinski definition) is 1. The summed E-state index contributed by atoms with van der Waals surface area (Å²) in [6, 6.07) is 4.78. The van der Waals surface area contributed by atoms with Crippen LogP contribution in [-0.2, 0) is 0 Å². The van der Waals surface area contributed by atoms with Crippen LogP contribution in [-0.4, -0.2) is 24.6 Å². The summed E-state index contributed by atoms with van der Waals surface area (Å²) in [6.45, 7) is 7.70. The lowest BCUT2D eigenvalue weighted by molar-refractivity contribution is 0.525. The predicted molar refractivity (Wildman–Crippen MR) is 72.4 cm³/mol. The minimum absolute atomic E-state index is 0.396. The predicted octanol–water partition coefficient (Wildman–Crippen LogP) is 2.74.